The van der Waals surface area contributed by atoms with Gasteiger partial charge in [-0.05, 0) is 24.8 Å². The van der Waals surface area contributed by atoms with Crippen LogP contribution in [0.15, 0.2) is 29.6 Å². The number of aryl methyl sites for hydroxylation is 1. The van der Waals surface area contributed by atoms with Crippen LogP contribution in [0.1, 0.15) is 31.0 Å². The van der Waals surface area contributed by atoms with Crippen LogP contribution in [0, 0.1) is 0 Å². The molecule has 3 nitrogen and oxygen atoms in total. The van der Waals surface area contributed by atoms with Crippen molar-refractivity contribution >= 4 is 11.3 Å². The van der Waals surface area contributed by atoms with Gasteiger partial charge in [0.25, 0.3) is 0 Å². The van der Waals surface area contributed by atoms with Gasteiger partial charge >= 0.3 is 0 Å². The lowest BCUT2D eigenvalue weighted by atomic mass is 10.1. The quantitative estimate of drug-likeness (QED) is 0.941. The molecule has 1 aliphatic heterocycles. The number of rotatable bonds is 4. The van der Waals surface area contributed by atoms with Gasteiger partial charge in [0.05, 0.1) is 11.8 Å². The van der Waals surface area contributed by atoms with E-state index in [0.29, 0.717) is 0 Å². The number of thiazole rings is 1. The second-order valence-corrected chi connectivity index (χ2v) is 6.56. The van der Waals surface area contributed by atoms with E-state index < -0.39 is 0 Å². The maximum absolute atomic E-state index is 9.55. The van der Waals surface area contributed by atoms with Gasteiger partial charge in [-0.2, -0.15) is 0 Å². The van der Waals surface area contributed by atoms with Crippen molar-refractivity contribution in [2.75, 3.05) is 13.1 Å². The average Bonchev–Trinajstić information content (AvgIpc) is 2.98. The molecule has 0 saturated carbocycles. The summed E-state index contributed by atoms with van der Waals surface area (Å²) in [6, 6.07) is 8.70. The van der Waals surface area contributed by atoms with E-state index in [1.54, 1.807) is 11.3 Å². The Balaban J connectivity index is 1.65. The van der Waals surface area contributed by atoms with Crippen LogP contribution in [-0.4, -0.2) is 34.2 Å². The van der Waals surface area contributed by atoms with E-state index in [0.717, 1.165) is 49.6 Å². The van der Waals surface area contributed by atoms with Gasteiger partial charge in [-0.15, -0.1) is 11.3 Å². The first-order valence-corrected chi connectivity index (χ1v) is 8.56. The molecule has 2 aromatic rings. The second-order valence-electron chi connectivity index (χ2n) is 5.70. The fourth-order valence-corrected chi connectivity index (χ4v) is 3.52. The summed E-state index contributed by atoms with van der Waals surface area (Å²) in [5.41, 5.74) is 3.71. The first-order chi connectivity index (χ1) is 10.2. The lowest BCUT2D eigenvalue weighted by Crippen LogP contribution is -2.35. The maximum atomic E-state index is 9.55. The lowest BCUT2D eigenvalue weighted by molar-refractivity contribution is 0.0787. The highest BCUT2D eigenvalue weighted by Crippen LogP contribution is 2.25. The van der Waals surface area contributed by atoms with Crippen molar-refractivity contribution < 1.29 is 5.11 Å². The third-order valence-corrected chi connectivity index (χ3v) is 5.04. The molecule has 21 heavy (non-hydrogen) atoms. The number of aliphatic hydroxyl groups excluding tert-OH is 1. The molecule has 1 aliphatic rings. The van der Waals surface area contributed by atoms with Gasteiger partial charge in [0, 0.05) is 30.6 Å². The number of aromatic nitrogens is 1. The summed E-state index contributed by atoms with van der Waals surface area (Å²) in [5, 5.41) is 12.8. The molecular formula is C17H22N2OS. The molecule has 1 fully saturated rings. The van der Waals surface area contributed by atoms with Crippen molar-refractivity contribution in [1.29, 1.82) is 0 Å². The first-order valence-electron chi connectivity index (χ1n) is 7.68. The predicted octanol–water partition coefficient (Wildman–Crippen LogP) is 3.33. The highest BCUT2D eigenvalue weighted by atomic mass is 32.1. The molecular weight excluding hydrogens is 280 g/mol. The first kappa shape index (κ1) is 14.7. The third-order valence-electron chi connectivity index (χ3n) is 4.10. The summed E-state index contributed by atoms with van der Waals surface area (Å²) in [7, 11) is 0. The van der Waals surface area contributed by atoms with Crippen molar-refractivity contribution in [3.8, 4) is 10.6 Å². The Labute approximate surface area is 130 Å². The summed E-state index contributed by atoms with van der Waals surface area (Å²) < 4.78 is 0. The van der Waals surface area contributed by atoms with E-state index in [2.05, 4.69) is 41.5 Å². The van der Waals surface area contributed by atoms with E-state index in [1.165, 1.54) is 11.1 Å². The zero-order valence-corrected chi connectivity index (χ0v) is 13.3. The fraction of sp³-hybridized carbons (Fsp3) is 0.471. The number of likely N-dealkylation sites (tertiary alicyclic amines) is 1. The van der Waals surface area contributed by atoms with Gasteiger partial charge in [-0.3, -0.25) is 4.90 Å². The van der Waals surface area contributed by atoms with Crippen molar-refractivity contribution in [3.05, 3.63) is 40.9 Å². The van der Waals surface area contributed by atoms with E-state index in [9.17, 15) is 5.11 Å². The van der Waals surface area contributed by atoms with Gasteiger partial charge in [0.1, 0.15) is 5.01 Å². The summed E-state index contributed by atoms with van der Waals surface area (Å²) in [5.74, 6) is 0. The second kappa shape index (κ2) is 6.69. The molecule has 0 bridgehead atoms. The van der Waals surface area contributed by atoms with Crippen LogP contribution >= 0.6 is 11.3 Å². The van der Waals surface area contributed by atoms with E-state index >= 15 is 0 Å². The molecule has 0 amide bonds. The van der Waals surface area contributed by atoms with Crippen LogP contribution in [0.25, 0.3) is 10.6 Å². The Morgan fingerprint density at radius 1 is 1.24 bits per heavy atom. The minimum absolute atomic E-state index is 0.107. The van der Waals surface area contributed by atoms with Crippen LogP contribution in [0.3, 0.4) is 0 Å². The summed E-state index contributed by atoms with van der Waals surface area (Å²) in [4.78, 5) is 7.14. The molecule has 2 heterocycles. The Kier molecular flexibility index (Phi) is 4.68. The lowest BCUT2D eigenvalue weighted by Gasteiger charge is -2.28. The van der Waals surface area contributed by atoms with Gasteiger partial charge in [0.2, 0.25) is 0 Å². The number of piperidine rings is 1. The molecule has 0 aliphatic carbocycles. The molecule has 0 atom stereocenters. The van der Waals surface area contributed by atoms with E-state index in [-0.39, 0.29) is 6.10 Å². The standard InChI is InChI=1S/C17H22N2OS/c1-2-13-3-5-14(6-4-13)17-18-15(12-21-17)11-19-9-7-16(20)8-10-19/h3-6,12,16,20H,2,7-11H2,1H3. The van der Waals surface area contributed by atoms with Crippen LogP contribution in [0.2, 0.25) is 0 Å². The molecule has 4 heteroatoms. The fourth-order valence-electron chi connectivity index (χ4n) is 2.70. The van der Waals surface area contributed by atoms with Crippen LogP contribution in [0.4, 0.5) is 0 Å². The Morgan fingerprint density at radius 3 is 2.62 bits per heavy atom. The van der Waals surface area contributed by atoms with Gasteiger partial charge < -0.3 is 5.11 Å². The Hall–Kier alpha value is -1.23. The smallest absolute Gasteiger partial charge is 0.123 e. The number of hydrogen-bond donors (Lipinski definition) is 1. The molecule has 1 aromatic heterocycles. The zero-order valence-electron chi connectivity index (χ0n) is 12.5. The Morgan fingerprint density at radius 2 is 1.95 bits per heavy atom. The molecule has 1 N–H and O–H groups in total. The average molecular weight is 302 g/mol. The van der Waals surface area contributed by atoms with E-state index in [1.807, 2.05) is 0 Å². The van der Waals surface area contributed by atoms with Gasteiger partial charge in [-0.25, -0.2) is 4.98 Å². The monoisotopic (exact) mass is 302 g/mol. The van der Waals surface area contributed by atoms with Crippen molar-refractivity contribution in [3.63, 3.8) is 0 Å². The van der Waals surface area contributed by atoms with Crippen molar-refractivity contribution in [1.82, 2.24) is 9.88 Å². The minimum Gasteiger partial charge on any atom is -0.393 e. The third kappa shape index (κ3) is 3.70. The molecule has 0 radical (unpaired) electrons. The van der Waals surface area contributed by atoms with E-state index in [4.69, 9.17) is 4.98 Å². The normalized spacial score (nSPS) is 17.2. The molecule has 1 aromatic carbocycles. The minimum atomic E-state index is -0.107. The number of nitrogens with zero attached hydrogens (tertiary/aromatic N) is 2. The predicted molar refractivity (Wildman–Crippen MR) is 87.4 cm³/mol. The van der Waals surface area contributed by atoms with Crippen LogP contribution in [0.5, 0.6) is 0 Å². The molecule has 1 saturated heterocycles. The number of hydrogen-bond acceptors (Lipinski definition) is 4. The van der Waals surface area contributed by atoms with Gasteiger partial charge in [-0.1, -0.05) is 31.2 Å². The molecule has 3 rings (SSSR count). The highest BCUT2D eigenvalue weighted by molar-refractivity contribution is 7.13. The number of aliphatic hydroxyl groups is 1. The van der Waals surface area contributed by atoms with Gasteiger partial charge in [0.15, 0.2) is 0 Å². The summed E-state index contributed by atoms with van der Waals surface area (Å²) in [6.07, 6.45) is 2.74. The largest absolute Gasteiger partial charge is 0.393 e. The maximum Gasteiger partial charge on any atom is 0.123 e. The highest BCUT2D eigenvalue weighted by Gasteiger charge is 2.17. The van der Waals surface area contributed by atoms with Crippen LogP contribution < -0.4 is 0 Å². The topological polar surface area (TPSA) is 36.4 Å². The Bertz CT molecular complexity index is 571. The van der Waals surface area contributed by atoms with Crippen molar-refractivity contribution in [2.24, 2.45) is 0 Å². The molecule has 112 valence electrons. The summed E-state index contributed by atoms with van der Waals surface area (Å²) in [6.45, 7) is 5.01. The summed E-state index contributed by atoms with van der Waals surface area (Å²) >= 11 is 1.72. The molecule has 0 spiro atoms. The SMILES string of the molecule is CCc1ccc(-c2nc(CN3CCC(O)CC3)cs2)cc1. The van der Waals surface area contributed by atoms with Crippen LogP contribution in [-0.2, 0) is 13.0 Å². The molecule has 0 unspecified atom stereocenters. The zero-order chi connectivity index (χ0) is 14.7. The number of benzene rings is 1. The van der Waals surface area contributed by atoms with Crippen molar-refractivity contribution in [2.45, 2.75) is 38.8 Å².